The SMILES string of the molecule is C[C@@H](c1cccs1)S(=O)(=O)C[C@H]1CCCCO1. The maximum absolute atomic E-state index is 12.2. The Bertz CT molecular complexity index is 430. The average Bonchev–Trinajstić information content (AvgIpc) is 2.82. The molecule has 1 fully saturated rings. The van der Waals surface area contributed by atoms with E-state index in [4.69, 9.17) is 4.74 Å². The summed E-state index contributed by atoms with van der Waals surface area (Å²) in [4.78, 5) is 0.917. The Kier molecular flexibility index (Phi) is 4.22. The number of sulfone groups is 1. The molecular formula is C12H18O3S2. The normalized spacial score (nSPS) is 23.5. The van der Waals surface area contributed by atoms with Gasteiger partial charge < -0.3 is 4.74 Å². The summed E-state index contributed by atoms with van der Waals surface area (Å²) in [5.41, 5.74) is 0. The summed E-state index contributed by atoms with van der Waals surface area (Å²) in [6, 6.07) is 3.78. The van der Waals surface area contributed by atoms with Crippen LogP contribution in [0.15, 0.2) is 17.5 Å². The lowest BCUT2D eigenvalue weighted by molar-refractivity contribution is 0.0304. The van der Waals surface area contributed by atoms with Crippen LogP contribution in [0, 0.1) is 0 Å². The molecule has 1 saturated heterocycles. The van der Waals surface area contributed by atoms with Crippen molar-refractivity contribution in [1.82, 2.24) is 0 Å². The molecule has 5 heteroatoms. The van der Waals surface area contributed by atoms with Crippen molar-refractivity contribution in [3.63, 3.8) is 0 Å². The first-order valence-corrected chi connectivity index (χ1v) is 8.55. The second-order valence-corrected chi connectivity index (χ2v) is 7.82. The molecule has 1 aliphatic heterocycles. The van der Waals surface area contributed by atoms with Crippen LogP contribution in [0.25, 0.3) is 0 Å². The summed E-state index contributed by atoms with van der Waals surface area (Å²) in [5, 5.41) is 1.51. The van der Waals surface area contributed by atoms with Crippen LogP contribution in [0.5, 0.6) is 0 Å². The van der Waals surface area contributed by atoms with Gasteiger partial charge in [0.25, 0.3) is 0 Å². The van der Waals surface area contributed by atoms with Crippen molar-refractivity contribution in [2.45, 2.75) is 37.5 Å². The molecule has 0 amide bonds. The average molecular weight is 274 g/mol. The summed E-state index contributed by atoms with van der Waals surface area (Å²) in [7, 11) is -3.10. The molecule has 17 heavy (non-hydrogen) atoms. The van der Waals surface area contributed by atoms with Crippen molar-refractivity contribution in [3.8, 4) is 0 Å². The summed E-state index contributed by atoms with van der Waals surface area (Å²) < 4.78 is 30.0. The van der Waals surface area contributed by atoms with E-state index in [1.165, 1.54) is 11.3 Å². The molecule has 0 bridgehead atoms. The molecule has 0 aliphatic carbocycles. The predicted molar refractivity (Wildman–Crippen MR) is 70.1 cm³/mol. The van der Waals surface area contributed by atoms with Gasteiger partial charge in [-0.15, -0.1) is 11.3 Å². The van der Waals surface area contributed by atoms with Gasteiger partial charge in [-0.2, -0.15) is 0 Å². The molecule has 0 radical (unpaired) electrons. The lowest BCUT2D eigenvalue weighted by atomic mass is 10.1. The minimum absolute atomic E-state index is 0.101. The molecule has 2 rings (SSSR count). The Morgan fingerprint density at radius 3 is 2.94 bits per heavy atom. The quantitative estimate of drug-likeness (QED) is 0.848. The van der Waals surface area contributed by atoms with Gasteiger partial charge >= 0.3 is 0 Å². The zero-order chi connectivity index (χ0) is 12.3. The van der Waals surface area contributed by atoms with E-state index in [9.17, 15) is 8.42 Å². The first-order chi connectivity index (χ1) is 8.09. The molecule has 2 atom stereocenters. The van der Waals surface area contributed by atoms with Gasteiger partial charge in [-0.1, -0.05) is 6.07 Å². The fourth-order valence-corrected chi connectivity index (χ4v) is 4.81. The minimum Gasteiger partial charge on any atom is -0.377 e. The van der Waals surface area contributed by atoms with Gasteiger partial charge in [-0.3, -0.25) is 0 Å². The summed E-state index contributed by atoms with van der Waals surface area (Å²) in [5.74, 6) is 0.159. The molecule has 1 aliphatic rings. The van der Waals surface area contributed by atoms with Crippen LogP contribution in [0.4, 0.5) is 0 Å². The first kappa shape index (κ1) is 13.1. The molecule has 0 unspecified atom stereocenters. The van der Waals surface area contributed by atoms with Crippen LogP contribution in [0.2, 0.25) is 0 Å². The standard InChI is InChI=1S/C12H18O3S2/c1-10(12-6-4-8-16-12)17(13,14)9-11-5-2-3-7-15-11/h4,6,8,10-11H,2-3,5,7,9H2,1H3/t10-,11+/m0/s1. The molecule has 2 heterocycles. The Morgan fingerprint density at radius 2 is 2.35 bits per heavy atom. The fourth-order valence-electron chi connectivity index (χ4n) is 2.04. The molecular weight excluding hydrogens is 256 g/mol. The second kappa shape index (κ2) is 5.50. The van der Waals surface area contributed by atoms with Gasteiger partial charge in [0.2, 0.25) is 0 Å². The lowest BCUT2D eigenvalue weighted by Gasteiger charge is -2.23. The van der Waals surface area contributed by atoms with Gasteiger partial charge in [0, 0.05) is 11.5 Å². The van der Waals surface area contributed by atoms with Crippen molar-refractivity contribution in [2.24, 2.45) is 0 Å². The van der Waals surface area contributed by atoms with Crippen LogP contribution >= 0.6 is 11.3 Å². The Morgan fingerprint density at radius 1 is 1.53 bits per heavy atom. The van der Waals surface area contributed by atoms with Crippen LogP contribution in [0.3, 0.4) is 0 Å². The van der Waals surface area contributed by atoms with Gasteiger partial charge in [0.05, 0.1) is 17.1 Å². The number of hydrogen-bond acceptors (Lipinski definition) is 4. The monoisotopic (exact) mass is 274 g/mol. The van der Waals surface area contributed by atoms with Gasteiger partial charge in [-0.05, 0) is 37.6 Å². The molecule has 1 aromatic rings. The maximum Gasteiger partial charge on any atom is 0.160 e. The van der Waals surface area contributed by atoms with Gasteiger partial charge in [0.15, 0.2) is 9.84 Å². The van der Waals surface area contributed by atoms with Crippen molar-refractivity contribution in [1.29, 1.82) is 0 Å². The van der Waals surface area contributed by atoms with Crippen LogP contribution in [0.1, 0.15) is 36.3 Å². The smallest absolute Gasteiger partial charge is 0.160 e. The van der Waals surface area contributed by atoms with Crippen LogP contribution in [-0.2, 0) is 14.6 Å². The van der Waals surface area contributed by atoms with E-state index in [1.54, 1.807) is 6.92 Å². The highest BCUT2D eigenvalue weighted by molar-refractivity contribution is 7.91. The van der Waals surface area contributed by atoms with Crippen molar-refractivity contribution < 1.29 is 13.2 Å². The van der Waals surface area contributed by atoms with Crippen molar-refractivity contribution >= 4 is 21.2 Å². The largest absolute Gasteiger partial charge is 0.377 e. The van der Waals surface area contributed by atoms with E-state index in [1.807, 2.05) is 17.5 Å². The number of ether oxygens (including phenoxy) is 1. The maximum atomic E-state index is 12.2. The molecule has 0 aromatic carbocycles. The molecule has 0 saturated carbocycles. The highest BCUT2D eigenvalue weighted by atomic mass is 32.2. The van der Waals surface area contributed by atoms with E-state index >= 15 is 0 Å². The first-order valence-electron chi connectivity index (χ1n) is 5.96. The molecule has 96 valence electrons. The summed E-state index contributed by atoms with van der Waals surface area (Å²) >= 11 is 1.50. The summed E-state index contributed by atoms with van der Waals surface area (Å²) in [6.07, 6.45) is 2.90. The van der Waals surface area contributed by atoms with E-state index < -0.39 is 15.1 Å². The predicted octanol–water partition coefficient (Wildman–Crippen LogP) is 2.79. The van der Waals surface area contributed by atoms with E-state index in [-0.39, 0.29) is 11.9 Å². The molecule has 0 N–H and O–H groups in total. The van der Waals surface area contributed by atoms with Crippen molar-refractivity contribution in [3.05, 3.63) is 22.4 Å². The van der Waals surface area contributed by atoms with Crippen molar-refractivity contribution in [2.75, 3.05) is 12.4 Å². The minimum atomic E-state index is -3.10. The molecule has 1 aromatic heterocycles. The highest BCUT2D eigenvalue weighted by Gasteiger charge is 2.28. The van der Waals surface area contributed by atoms with Gasteiger partial charge in [-0.25, -0.2) is 8.42 Å². The zero-order valence-electron chi connectivity index (χ0n) is 9.96. The fraction of sp³-hybridized carbons (Fsp3) is 0.667. The topological polar surface area (TPSA) is 43.4 Å². The lowest BCUT2D eigenvalue weighted by Crippen LogP contribution is -2.29. The zero-order valence-corrected chi connectivity index (χ0v) is 11.6. The van der Waals surface area contributed by atoms with Crippen LogP contribution in [-0.4, -0.2) is 26.9 Å². The van der Waals surface area contributed by atoms with Gasteiger partial charge in [0.1, 0.15) is 0 Å². The third-order valence-electron chi connectivity index (χ3n) is 3.17. The third-order valence-corrected chi connectivity index (χ3v) is 6.55. The van der Waals surface area contributed by atoms with Crippen LogP contribution < -0.4 is 0 Å². The number of thiophene rings is 1. The van der Waals surface area contributed by atoms with E-state index in [0.717, 1.165) is 24.1 Å². The highest BCUT2D eigenvalue weighted by Crippen LogP contribution is 2.28. The Labute approximate surface area is 107 Å². The molecule has 0 spiro atoms. The van der Waals surface area contributed by atoms with E-state index in [2.05, 4.69) is 0 Å². The number of rotatable bonds is 4. The Hall–Kier alpha value is -0.390. The third kappa shape index (κ3) is 3.30. The molecule has 3 nitrogen and oxygen atoms in total. The second-order valence-electron chi connectivity index (χ2n) is 4.48. The Balaban J connectivity index is 2.03. The number of hydrogen-bond donors (Lipinski definition) is 0. The summed E-state index contributed by atoms with van der Waals surface area (Å²) in [6.45, 7) is 2.47. The van der Waals surface area contributed by atoms with E-state index in [0.29, 0.717) is 6.61 Å².